The Hall–Kier alpha value is -2.81. The zero-order valence-electron chi connectivity index (χ0n) is 16.4. The van der Waals surface area contributed by atoms with Crippen molar-refractivity contribution in [2.75, 3.05) is 11.1 Å². The van der Waals surface area contributed by atoms with Crippen molar-refractivity contribution in [1.29, 1.82) is 0 Å². The number of carbonyl (C=O) groups excluding carboxylic acids is 1. The highest BCUT2D eigenvalue weighted by Crippen LogP contribution is 2.33. The van der Waals surface area contributed by atoms with Crippen molar-refractivity contribution in [2.45, 2.75) is 15.2 Å². The number of fused-ring (bicyclic) bond motifs is 2. The number of hydrogen-bond donors (Lipinski definition) is 2. The number of nitrogens with zero attached hydrogens (tertiary/aromatic N) is 2. The van der Waals surface area contributed by atoms with Crippen LogP contribution in [0.15, 0.2) is 82.3 Å². The third-order valence-corrected chi connectivity index (χ3v) is 7.67. The van der Waals surface area contributed by atoms with Gasteiger partial charge in [0, 0.05) is 11.4 Å². The summed E-state index contributed by atoms with van der Waals surface area (Å²) in [6.45, 7) is 0. The molecule has 0 atom stereocenters. The Labute approximate surface area is 191 Å². The van der Waals surface area contributed by atoms with Crippen molar-refractivity contribution in [3.63, 3.8) is 0 Å². The first-order chi connectivity index (χ1) is 15.2. The van der Waals surface area contributed by atoms with Gasteiger partial charge >= 0.3 is 0 Å². The number of aromatic amines is 1. The highest BCUT2D eigenvalue weighted by Gasteiger charge is 2.10. The van der Waals surface area contributed by atoms with Crippen LogP contribution >= 0.6 is 34.9 Å². The summed E-state index contributed by atoms with van der Waals surface area (Å²) in [6.07, 6.45) is 0. The van der Waals surface area contributed by atoms with Gasteiger partial charge in [-0.3, -0.25) is 4.79 Å². The molecule has 1 amide bonds. The van der Waals surface area contributed by atoms with E-state index in [1.54, 1.807) is 23.1 Å². The van der Waals surface area contributed by atoms with Crippen LogP contribution in [-0.2, 0) is 10.5 Å². The quantitative estimate of drug-likeness (QED) is 0.282. The number of imidazole rings is 1. The second kappa shape index (κ2) is 9.13. The van der Waals surface area contributed by atoms with E-state index in [2.05, 4.69) is 39.6 Å². The maximum absolute atomic E-state index is 12.4. The summed E-state index contributed by atoms with van der Waals surface area (Å²) in [5.74, 6) is 1.12. The smallest absolute Gasteiger partial charge is 0.234 e. The average molecular weight is 463 g/mol. The Bertz CT molecular complexity index is 1310. The molecule has 0 spiro atoms. The Balaban J connectivity index is 1.20. The van der Waals surface area contributed by atoms with E-state index in [0.717, 1.165) is 42.2 Å². The molecule has 0 bridgehead atoms. The molecule has 2 aromatic heterocycles. The lowest BCUT2D eigenvalue weighted by atomic mass is 10.2. The van der Waals surface area contributed by atoms with Gasteiger partial charge in [-0.15, -0.1) is 11.3 Å². The van der Waals surface area contributed by atoms with Gasteiger partial charge in [0.1, 0.15) is 0 Å². The number of hydrogen-bond acceptors (Lipinski definition) is 6. The fourth-order valence-electron chi connectivity index (χ4n) is 3.09. The normalized spacial score (nSPS) is 11.2. The number of nitrogens with one attached hydrogen (secondary N) is 2. The third-order valence-electron chi connectivity index (χ3n) is 4.57. The van der Waals surface area contributed by atoms with Crippen LogP contribution in [0.4, 0.5) is 5.69 Å². The van der Waals surface area contributed by atoms with Gasteiger partial charge in [-0.25, -0.2) is 9.97 Å². The van der Waals surface area contributed by atoms with E-state index in [9.17, 15) is 4.79 Å². The number of thiazole rings is 1. The van der Waals surface area contributed by atoms with Gasteiger partial charge < -0.3 is 10.3 Å². The zero-order valence-corrected chi connectivity index (χ0v) is 18.8. The van der Waals surface area contributed by atoms with Crippen LogP contribution in [-0.4, -0.2) is 26.6 Å². The standard InChI is InChI=1S/C23H18N4OS3/c28-21(14-29-22-25-17-8-4-5-9-18(17)26-22)24-16-10-11-19-20(12-16)31-23(27-19)30-13-15-6-2-1-3-7-15/h1-12H,13-14H2,(H,24,28)(H,25,26). The summed E-state index contributed by atoms with van der Waals surface area (Å²) in [4.78, 5) is 24.8. The number of para-hydroxylation sites is 2. The number of amides is 1. The zero-order chi connectivity index (χ0) is 21.0. The van der Waals surface area contributed by atoms with Crippen LogP contribution in [0.25, 0.3) is 21.3 Å². The fraction of sp³-hybridized carbons (Fsp3) is 0.0870. The van der Waals surface area contributed by atoms with Gasteiger partial charge in [-0.05, 0) is 35.9 Å². The van der Waals surface area contributed by atoms with Crippen molar-refractivity contribution in [3.05, 3.63) is 78.4 Å². The summed E-state index contributed by atoms with van der Waals surface area (Å²) in [6, 6.07) is 24.1. The molecule has 5 aromatic rings. The molecule has 0 saturated carbocycles. The van der Waals surface area contributed by atoms with Crippen LogP contribution < -0.4 is 5.32 Å². The molecule has 2 N–H and O–H groups in total. The van der Waals surface area contributed by atoms with E-state index in [1.165, 1.54) is 17.3 Å². The highest BCUT2D eigenvalue weighted by molar-refractivity contribution is 8.00. The molecule has 5 rings (SSSR count). The van der Waals surface area contributed by atoms with Crippen molar-refractivity contribution in [1.82, 2.24) is 15.0 Å². The van der Waals surface area contributed by atoms with Crippen molar-refractivity contribution < 1.29 is 4.79 Å². The topological polar surface area (TPSA) is 70.7 Å². The monoisotopic (exact) mass is 462 g/mol. The summed E-state index contributed by atoms with van der Waals surface area (Å²) in [7, 11) is 0. The first-order valence-corrected chi connectivity index (χ1v) is 12.5. The maximum Gasteiger partial charge on any atom is 0.234 e. The van der Waals surface area contributed by atoms with Crippen molar-refractivity contribution in [2.24, 2.45) is 0 Å². The van der Waals surface area contributed by atoms with Crippen LogP contribution in [0, 0.1) is 0 Å². The molecular formula is C23H18N4OS3. The van der Waals surface area contributed by atoms with Gasteiger partial charge in [-0.2, -0.15) is 0 Å². The molecular weight excluding hydrogens is 444 g/mol. The Morgan fingerprint density at radius 3 is 2.65 bits per heavy atom. The molecule has 5 nitrogen and oxygen atoms in total. The molecule has 0 fully saturated rings. The number of benzene rings is 3. The number of carbonyl (C=O) groups is 1. The lowest BCUT2D eigenvalue weighted by molar-refractivity contribution is -0.113. The van der Waals surface area contributed by atoms with Gasteiger partial charge in [-0.1, -0.05) is 66.0 Å². The SMILES string of the molecule is O=C(CSc1nc2ccccc2[nH]1)Nc1ccc2nc(SCc3ccccc3)sc2c1. The molecule has 154 valence electrons. The molecule has 2 heterocycles. The first kappa shape index (κ1) is 20.1. The molecule has 0 aliphatic heterocycles. The van der Waals surface area contributed by atoms with Crippen LogP contribution in [0.1, 0.15) is 5.56 Å². The fourth-order valence-corrected chi connectivity index (χ4v) is 5.84. The van der Waals surface area contributed by atoms with Crippen molar-refractivity contribution >= 4 is 67.7 Å². The summed E-state index contributed by atoms with van der Waals surface area (Å²) >= 11 is 4.78. The van der Waals surface area contributed by atoms with E-state index in [-0.39, 0.29) is 5.91 Å². The highest BCUT2D eigenvalue weighted by atomic mass is 32.2. The van der Waals surface area contributed by atoms with Crippen LogP contribution in [0.5, 0.6) is 0 Å². The number of rotatable bonds is 7. The number of aromatic nitrogens is 3. The van der Waals surface area contributed by atoms with Crippen molar-refractivity contribution in [3.8, 4) is 0 Å². The molecule has 31 heavy (non-hydrogen) atoms. The van der Waals surface area contributed by atoms with Gasteiger partial charge in [0.25, 0.3) is 0 Å². The van der Waals surface area contributed by atoms with Gasteiger partial charge in [0.2, 0.25) is 5.91 Å². The molecule has 0 saturated heterocycles. The maximum atomic E-state index is 12.4. The summed E-state index contributed by atoms with van der Waals surface area (Å²) in [5.41, 5.74) is 4.90. The predicted octanol–water partition coefficient (Wildman–Crippen LogP) is 6.20. The van der Waals surface area contributed by atoms with E-state index in [4.69, 9.17) is 4.98 Å². The van der Waals surface area contributed by atoms with Crippen LogP contribution in [0.2, 0.25) is 0 Å². The molecule has 0 aliphatic rings. The van der Waals surface area contributed by atoms with E-state index in [1.807, 2.05) is 48.5 Å². The minimum atomic E-state index is -0.0620. The molecule has 0 radical (unpaired) electrons. The second-order valence-corrected chi connectivity index (χ2v) is 10.0. The van der Waals surface area contributed by atoms with E-state index < -0.39 is 0 Å². The first-order valence-electron chi connectivity index (χ1n) is 9.68. The van der Waals surface area contributed by atoms with Crippen LogP contribution in [0.3, 0.4) is 0 Å². The molecule has 0 unspecified atom stereocenters. The molecule has 0 aliphatic carbocycles. The van der Waals surface area contributed by atoms with Gasteiger partial charge in [0.05, 0.1) is 27.0 Å². The molecule has 8 heteroatoms. The predicted molar refractivity (Wildman–Crippen MR) is 131 cm³/mol. The number of thioether (sulfide) groups is 2. The summed E-state index contributed by atoms with van der Waals surface area (Å²) < 4.78 is 2.10. The summed E-state index contributed by atoms with van der Waals surface area (Å²) in [5, 5.41) is 3.72. The van der Waals surface area contributed by atoms with E-state index in [0.29, 0.717) is 5.75 Å². The third kappa shape index (κ3) is 4.92. The minimum Gasteiger partial charge on any atom is -0.333 e. The number of H-pyrrole nitrogens is 1. The van der Waals surface area contributed by atoms with Gasteiger partial charge in [0.15, 0.2) is 9.50 Å². The largest absolute Gasteiger partial charge is 0.333 e. The van der Waals surface area contributed by atoms with E-state index >= 15 is 0 Å². The number of anilines is 1. The average Bonchev–Trinajstić information content (AvgIpc) is 3.40. The second-order valence-electron chi connectivity index (χ2n) is 6.83. The minimum absolute atomic E-state index is 0.0620. The lowest BCUT2D eigenvalue weighted by Crippen LogP contribution is -2.13. The Morgan fingerprint density at radius 2 is 1.77 bits per heavy atom. The Morgan fingerprint density at radius 1 is 0.935 bits per heavy atom. The lowest BCUT2D eigenvalue weighted by Gasteiger charge is -2.04. The molecule has 3 aromatic carbocycles. The Kier molecular flexibility index (Phi) is 5.93.